The maximum Gasteiger partial charge on any atom is 0.350 e. The third kappa shape index (κ3) is 5.09. The van der Waals surface area contributed by atoms with Crippen LogP contribution in [0.15, 0.2) is 90.0 Å². The lowest BCUT2D eigenvalue weighted by atomic mass is 9.95. The topological polar surface area (TPSA) is 70.0 Å². The summed E-state index contributed by atoms with van der Waals surface area (Å²) in [5.74, 6) is -0.807. The molecule has 0 spiro atoms. The number of allylic oxidation sites excluding steroid dienone is 3. The summed E-state index contributed by atoms with van der Waals surface area (Å²) in [6.07, 6.45) is 7.61. The minimum atomic E-state index is -0.556. The van der Waals surface area contributed by atoms with E-state index in [0.717, 1.165) is 16.0 Å². The van der Waals surface area contributed by atoms with E-state index in [9.17, 15) is 14.4 Å². The van der Waals surface area contributed by atoms with Crippen molar-refractivity contribution >= 4 is 23.6 Å². The summed E-state index contributed by atoms with van der Waals surface area (Å²) in [6.45, 7) is 1.19. The van der Waals surface area contributed by atoms with E-state index in [-0.39, 0.29) is 24.8 Å². The second kappa shape index (κ2) is 10.0. The number of hydrogen-bond donors (Lipinski definition) is 0. The zero-order chi connectivity index (χ0) is 22.3. The van der Waals surface area contributed by atoms with Crippen LogP contribution >= 0.6 is 0 Å². The van der Waals surface area contributed by atoms with Gasteiger partial charge in [-0.15, -0.1) is 0 Å². The summed E-state index contributed by atoms with van der Waals surface area (Å²) in [7, 11) is 0. The molecule has 2 aromatic rings. The van der Waals surface area contributed by atoms with Gasteiger partial charge in [0.15, 0.2) is 0 Å². The molecule has 6 heteroatoms. The van der Waals surface area contributed by atoms with Gasteiger partial charge in [0, 0.05) is 26.1 Å². The summed E-state index contributed by atoms with van der Waals surface area (Å²) in [5.41, 5.74) is 2.58. The van der Waals surface area contributed by atoms with Crippen molar-refractivity contribution in [3.63, 3.8) is 0 Å². The Bertz CT molecular complexity index is 1030. The van der Waals surface area contributed by atoms with Gasteiger partial charge in [-0.1, -0.05) is 78.9 Å². The molecule has 0 N–H and O–H groups in total. The highest BCUT2D eigenvalue weighted by Gasteiger charge is 2.35. The van der Waals surface area contributed by atoms with Gasteiger partial charge in [0.05, 0.1) is 11.6 Å². The molecule has 0 bridgehead atoms. The first-order valence-electron chi connectivity index (χ1n) is 10.8. The van der Waals surface area contributed by atoms with Crippen molar-refractivity contribution in [1.29, 1.82) is 0 Å². The van der Waals surface area contributed by atoms with Gasteiger partial charge < -0.3 is 4.90 Å². The van der Waals surface area contributed by atoms with Crippen LogP contribution in [0.25, 0.3) is 0 Å². The summed E-state index contributed by atoms with van der Waals surface area (Å²) in [5, 5.41) is 0. The number of carbonyl (C=O) groups excluding carboxylic acids is 3. The van der Waals surface area contributed by atoms with E-state index in [4.69, 9.17) is 0 Å². The fourth-order valence-electron chi connectivity index (χ4n) is 3.87. The van der Waals surface area contributed by atoms with Gasteiger partial charge in [0.2, 0.25) is 11.8 Å². The molecule has 0 saturated carbocycles. The minimum absolute atomic E-state index is 0.0145. The maximum absolute atomic E-state index is 13.1. The van der Waals surface area contributed by atoms with Crippen LogP contribution in [0.3, 0.4) is 0 Å². The second-order valence-corrected chi connectivity index (χ2v) is 7.86. The SMILES string of the molecule is O=C(CCCN1C(=O)N=C2C=CC=CC2C1=O)N(Cc1ccccc1)Cc1ccccc1. The van der Waals surface area contributed by atoms with Crippen molar-refractivity contribution in [2.24, 2.45) is 10.9 Å². The first kappa shape index (κ1) is 21.4. The van der Waals surface area contributed by atoms with E-state index in [1.165, 1.54) is 0 Å². The van der Waals surface area contributed by atoms with Crippen LogP contribution < -0.4 is 0 Å². The van der Waals surface area contributed by atoms with Gasteiger partial charge >= 0.3 is 6.03 Å². The van der Waals surface area contributed by atoms with Gasteiger partial charge in [-0.2, -0.15) is 4.99 Å². The Labute approximate surface area is 187 Å². The molecule has 0 saturated heterocycles. The Morgan fingerprint density at radius 2 is 1.53 bits per heavy atom. The molecule has 2 aliphatic rings. The number of imide groups is 1. The number of aliphatic imine (C=N–C) groups is 1. The molecule has 162 valence electrons. The lowest BCUT2D eigenvalue weighted by molar-refractivity contribution is -0.134. The van der Waals surface area contributed by atoms with Gasteiger partial charge in [0.1, 0.15) is 0 Å². The van der Waals surface area contributed by atoms with Crippen LogP contribution in [0.4, 0.5) is 4.79 Å². The van der Waals surface area contributed by atoms with Crippen molar-refractivity contribution in [3.8, 4) is 0 Å². The molecule has 0 aromatic heterocycles. The zero-order valence-corrected chi connectivity index (χ0v) is 17.8. The highest BCUT2D eigenvalue weighted by molar-refractivity contribution is 6.21. The quantitative estimate of drug-likeness (QED) is 0.636. The normalized spacial score (nSPS) is 17.2. The summed E-state index contributed by atoms with van der Waals surface area (Å²) < 4.78 is 0. The smallest absolute Gasteiger partial charge is 0.334 e. The van der Waals surface area contributed by atoms with Gasteiger partial charge in [-0.05, 0) is 23.6 Å². The fraction of sp³-hybridized carbons (Fsp3) is 0.231. The zero-order valence-electron chi connectivity index (χ0n) is 17.8. The van der Waals surface area contributed by atoms with Crippen LogP contribution in [-0.2, 0) is 22.7 Å². The molecule has 32 heavy (non-hydrogen) atoms. The Morgan fingerprint density at radius 3 is 2.16 bits per heavy atom. The van der Waals surface area contributed by atoms with Crippen LogP contribution in [-0.4, -0.2) is 39.9 Å². The Balaban J connectivity index is 1.39. The van der Waals surface area contributed by atoms with E-state index < -0.39 is 11.9 Å². The highest BCUT2D eigenvalue weighted by Crippen LogP contribution is 2.20. The van der Waals surface area contributed by atoms with E-state index in [0.29, 0.717) is 25.2 Å². The average molecular weight is 428 g/mol. The monoisotopic (exact) mass is 427 g/mol. The Morgan fingerprint density at radius 1 is 0.906 bits per heavy atom. The first-order chi connectivity index (χ1) is 15.6. The van der Waals surface area contributed by atoms with Gasteiger partial charge in [-0.3, -0.25) is 14.5 Å². The summed E-state index contributed by atoms with van der Waals surface area (Å²) in [4.78, 5) is 45.1. The first-order valence-corrected chi connectivity index (χ1v) is 10.8. The summed E-state index contributed by atoms with van der Waals surface area (Å²) >= 11 is 0. The molecule has 1 aliphatic carbocycles. The second-order valence-electron chi connectivity index (χ2n) is 7.86. The summed E-state index contributed by atoms with van der Waals surface area (Å²) in [6, 6.07) is 19.2. The number of carbonyl (C=O) groups is 3. The number of fused-ring (bicyclic) bond motifs is 1. The Kier molecular flexibility index (Phi) is 6.70. The molecular formula is C26H25N3O3. The van der Waals surface area contributed by atoms with Gasteiger partial charge in [0.25, 0.3) is 0 Å². The van der Waals surface area contributed by atoms with E-state index >= 15 is 0 Å². The number of benzene rings is 2. The van der Waals surface area contributed by atoms with Crippen LogP contribution in [0.5, 0.6) is 0 Å². The molecule has 1 unspecified atom stereocenters. The van der Waals surface area contributed by atoms with Crippen LogP contribution in [0.2, 0.25) is 0 Å². The highest BCUT2D eigenvalue weighted by atomic mass is 16.2. The van der Waals surface area contributed by atoms with Crippen molar-refractivity contribution in [3.05, 3.63) is 96.1 Å². The van der Waals surface area contributed by atoms with Crippen LogP contribution in [0.1, 0.15) is 24.0 Å². The third-order valence-corrected chi connectivity index (χ3v) is 5.55. The average Bonchev–Trinajstić information content (AvgIpc) is 2.82. The van der Waals surface area contributed by atoms with E-state index in [1.807, 2.05) is 65.6 Å². The van der Waals surface area contributed by atoms with Crippen molar-refractivity contribution < 1.29 is 14.4 Å². The molecule has 0 radical (unpaired) electrons. The maximum atomic E-state index is 13.1. The van der Waals surface area contributed by atoms with Crippen molar-refractivity contribution in [1.82, 2.24) is 9.80 Å². The molecule has 4 rings (SSSR count). The standard InChI is InChI=1S/C26H25N3O3/c30-24(16-9-17-29-25(31)22-14-7-8-15-23(22)27-26(29)32)28(18-20-10-3-1-4-11-20)19-21-12-5-2-6-13-21/h1-8,10-15,22H,9,16-19H2. The fourth-order valence-corrected chi connectivity index (χ4v) is 3.87. The molecule has 6 nitrogen and oxygen atoms in total. The molecular weight excluding hydrogens is 402 g/mol. The van der Waals surface area contributed by atoms with Crippen molar-refractivity contribution in [2.45, 2.75) is 25.9 Å². The number of amides is 4. The van der Waals surface area contributed by atoms with Gasteiger partial charge in [-0.25, -0.2) is 4.79 Å². The lowest BCUT2D eigenvalue weighted by Crippen LogP contribution is -2.46. The molecule has 1 aliphatic heterocycles. The third-order valence-electron chi connectivity index (χ3n) is 5.55. The minimum Gasteiger partial charge on any atom is -0.334 e. The molecule has 2 aromatic carbocycles. The predicted molar refractivity (Wildman–Crippen MR) is 123 cm³/mol. The van der Waals surface area contributed by atoms with E-state index in [1.54, 1.807) is 24.3 Å². The predicted octanol–water partition coefficient (Wildman–Crippen LogP) is 4.14. The van der Waals surface area contributed by atoms with Crippen molar-refractivity contribution in [2.75, 3.05) is 6.54 Å². The largest absolute Gasteiger partial charge is 0.350 e. The number of urea groups is 1. The Hall–Kier alpha value is -3.80. The molecule has 0 fully saturated rings. The molecule has 1 heterocycles. The number of hydrogen-bond acceptors (Lipinski definition) is 3. The molecule has 4 amide bonds. The number of nitrogens with zero attached hydrogens (tertiary/aromatic N) is 3. The molecule has 1 atom stereocenters. The van der Waals surface area contributed by atoms with Crippen LogP contribution in [0, 0.1) is 5.92 Å². The number of rotatable bonds is 8. The van der Waals surface area contributed by atoms with E-state index in [2.05, 4.69) is 4.99 Å². The lowest BCUT2D eigenvalue weighted by Gasteiger charge is -2.28.